The second-order valence-corrected chi connectivity index (χ2v) is 13.0. The van der Waals surface area contributed by atoms with Crippen molar-refractivity contribution in [2.45, 2.75) is 57.6 Å². The number of sulfonamides is 1. The Morgan fingerprint density at radius 1 is 0.795 bits per heavy atom. The molecule has 2 amide bonds. The van der Waals surface area contributed by atoms with E-state index in [4.69, 9.17) is 0 Å². The van der Waals surface area contributed by atoms with Crippen molar-refractivity contribution in [2.24, 2.45) is 0 Å². The van der Waals surface area contributed by atoms with Gasteiger partial charge in [0.25, 0.3) is 10.0 Å². The molecule has 0 unspecified atom stereocenters. The fourth-order valence-electron chi connectivity index (χ4n) is 4.85. The Bertz CT molecular complexity index is 1680. The lowest BCUT2D eigenvalue weighted by Gasteiger charge is -2.34. The normalized spacial score (nSPS) is 12.0. The molecule has 0 aliphatic heterocycles. The molecule has 1 N–H and O–H groups in total. The summed E-state index contributed by atoms with van der Waals surface area (Å²) in [6.07, 6.45) is 0.196. The van der Waals surface area contributed by atoms with Crippen LogP contribution in [0.3, 0.4) is 0 Å². The zero-order valence-corrected chi connectivity index (χ0v) is 26.2. The molecule has 0 radical (unpaired) electrons. The number of anilines is 1. The molecule has 4 rings (SSSR count). The maximum absolute atomic E-state index is 14.4. The van der Waals surface area contributed by atoms with Gasteiger partial charge in [0.2, 0.25) is 11.8 Å². The minimum atomic E-state index is -4.18. The Labute approximate surface area is 259 Å². The highest BCUT2D eigenvalue weighted by Gasteiger charge is 2.35. The highest BCUT2D eigenvalue weighted by molar-refractivity contribution is 7.92. The second kappa shape index (κ2) is 14.3. The van der Waals surface area contributed by atoms with Crippen molar-refractivity contribution < 1.29 is 22.4 Å². The van der Waals surface area contributed by atoms with Gasteiger partial charge in [-0.1, -0.05) is 66.7 Å². The van der Waals surface area contributed by atoms with Crippen LogP contribution in [0.25, 0.3) is 0 Å². The fraction of sp³-hybridized carbons (Fsp3) is 0.257. The molecule has 0 spiro atoms. The number of hydrogen-bond donors (Lipinski definition) is 1. The predicted octanol–water partition coefficient (Wildman–Crippen LogP) is 5.80. The van der Waals surface area contributed by atoms with Gasteiger partial charge in [0.15, 0.2) is 0 Å². The first-order chi connectivity index (χ1) is 21.0. The van der Waals surface area contributed by atoms with Crippen LogP contribution in [-0.4, -0.2) is 43.8 Å². The van der Waals surface area contributed by atoms with Crippen LogP contribution in [0.15, 0.2) is 108 Å². The first-order valence-corrected chi connectivity index (χ1v) is 15.9. The molecule has 4 aromatic carbocycles. The number of aryl methyl sites for hydroxylation is 2. The Balaban J connectivity index is 1.81. The molecule has 0 heterocycles. The van der Waals surface area contributed by atoms with Gasteiger partial charge in [-0.25, -0.2) is 12.8 Å². The highest BCUT2D eigenvalue weighted by Crippen LogP contribution is 2.27. The van der Waals surface area contributed by atoms with E-state index in [0.717, 1.165) is 21.0 Å². The maximum Gasteiger partial charge on any atom is 0.264 e. The lowest BCUT2D eigenvalue weighted by Crippen LogP contribution is -2.54. The molecule has 44 heavy (non-hydrogen) atoms. The van der Waals surface area contributed by atoms with Gasteiger partial charge in [0.1, 0.15) is 18.4 Å². The molecule has 0 aliphatic rings. The molecular weight excluding hydrogens is 577 g/mol. The van der Waals surface area contributed by atoms with E-state index in [1.807, 2.05) is 64.1 Å². The van der Waals surface area contributed by atoms with Crippen LogP contribution in [0.1, 0.15) is 36.1 Å². The molecule has 0 saturated heterocycles. The Hall–Kier alpha value is -4.50. The van der Waals surface area contributed by atoms with Gasteiger partial charge >= 0.3 is 0 Å². The van der Waals surface area contributed by atoms with E-state index in [-0.39, 0.29) is 29.8 Å². The van der Waals surface area contributed by atoms with Crippen molar-refractivity contribution in [3.8, 4) is 0 Å². The van der Waals surface area contributed by atoms with Crippen LogP contribution in [-0.2, 0) is 32.6 Å². The monoisotopic (exact) mass is 615 g/mol. The van der Waals surface area contributed by atoms with Gasteiger partial charge in [0.05, 0.1) is 10.6 Å². The number of amides is 2. The van der Waals surface area contributed by atoms with Crippen LogP contribution in [0.5, 0.6) is 0 Å². The number of carbonyl (C=O) groups excluding carboxylic acids is 2. The third kappa shape index (κ3) is 8.11. The van der Waals surface area contributed by atoms with E-state index >= 15 is 0 Å². The minimum Gasteiger partial charge on any atom is -0.352 e. The molecular formula is C35H38FN3O4S. The van der Waals surface area contributed by atoms with Crippen LogP contribution in [0.2, 0.25) is 0 Å². The number of nitrogens with zero attached hydrogens (tertiary/aromatic N) is 2. The van der Waals surface area contributed by atoms with Gasteiger partial charge in [0, 0.05) is 19.0 Å². The standard InChI is InChI=1S/C35H38FN3O4S/c1-25(2)37-35(41)33(22-28-11-7-5-8-12-28)38(23-29-16-18-30(36)19-17-29)34(40)24-39(31-20-15-26(3)27(4)21-31)44(42,43)32-13-9-6-10-14-32/h5-21,25,33H,22-24H2,1-4H3,(H,37,41)/t33-/m1/s1. The van der Waals surface area contributed by atoms with Gasteiger partial charge in [-0.05, 0) is 86.3 Å². The first-order valence-electron chi connectivity index (χ1n) is 14.5. The Morgan fingerprint density at radius 3 is 2.00 bits per heavy atom. The smallest absolute Gasteiger partial charge is 0.264 e. The zero-order valence-electron chi connectivity index (χ0n) is 25.4. The number of halogens is 1. The van der Waals surface area contributed by atoms with E-state index < -0.39 is 34.3 Å². The Kier molecular flexibility index (Phi) is 10.5. The van der Waals surface area contributed by atoms with E-state index in [1.54, 1.807) is 42.5 Å². The van der Waals surface area contributed by atoms with Crippen LogP contribution >= 0.6 is 0 Å². The van der Waals surface area contributed by atoms with Gasteiger partial charge in [-0.2, -0.15) is 0 Å². The molecule has 0 fully saturated rings. The molecule has 7 nitrogen and oxygen atoms in total. The molecule has 0 saturated carbocycles. The minimum absolute atomic E-state index is 0.0335. The van der Waals surface area contributed by atoms with Gasteiger partial charge < -0.3 is 10.2 Å². The molecule has 0 bridgehead atoms. The summed E-state index contributed by atoms with van der Waals surface area (Å²) in [5.74, 6) is -1.38. The predicted molar refractivity (Wildman–Crippen MR) is 171 cm³/mol. The van der Waals surface area contributed by atoms with Crippen molar-refractivity contribution >= 4 is 27.5 Å². The third-order valence-electron chi connectivity index (χ3n) is 7.36. The summed E-state index contributed by atoms with van der Waals surface area (Å²) in [5.41, 5.74) is 3.60. The van der Waals surface area contributed by atoms with Crippen LogP contribution in [0.4, 0.5) is 10.1 Å². The SMILES string of the molecule is Cc1ccc(N(CC(=O)N(Cc2ccc(F)cc2)[C@H](Cc2ccccc2)C(=O)NC(C)C)S(=O)(=O)c2ccccc2)cc1C. The summed E-state index contributed by atoms with van der Waals surface area (Å²) in [5, 5.41) is 2.92. The fourth-order valence-corrected chi connectivity index (χ4v) is 6.28. The molecule has 230 valence electrons. The van der Waals surface area contributed by atoms with Gasteiger partial charge in [-0.15, -0.1) is 0 Å². The Morgan fingerprint density at radius 2 is 1.41 bits per heavy atom. The zero-order chi connectivity index (χ0) is 31.9. The van der Waals surface area contributed by atoms with Gasteiger partial charge in [-0.3, -0.25) is 13.9 Å². The summed E-state index contributed by atoms with van der Waals surface area (Å²) in [6, 6.07) is 27.0. The van der Waals surface area contributed by atoms with E-state index in [9.17, 15) is 22.4 Å². The van der Waals surface area contributed by atoms with Crippen molar-refractivity contribution in [1.29, 1.82) is 0 Å². The molecule has 0 aliphatic carbocycles. The average Bonchev–Trinajstić information content (AvgIpc) is 3.00. The van der Waals surface area contributed by atoms with Crippen molar-refractivity contribution in [1.82, 2.24) is 10.2 Å². The quantitative estimate of drug-likeness (QED) is 0.218. The second-order valence-electron chi connectivity index (χ2n) is 11.1. The number of rotatable bonds is 12. The number of nitrogens with one attached hydrogen (secondary N) is 1. The maximum atomic E-state index is 14.4. The van der Waals surface area contributed by atoms with Crippen LogP contribution < -0.4 is 9.62 Å². The summed E-state index contributed by atoms with van der Waals surface area (Å²) >= 11 is 0. The lowest BCUT2D eigenvalue weighted by atomic mass is 10.0. The van der Waals surface area contributed by atoms with E-state index in [1.165, 1.54) is 29.2 Å². The summed E-state index contributed by atoms with van der Waals surface area (Å²) in [6.45, 7) is 6.87. The highest BCUT2D eigenvalue weighted by atomic mass is 32.2. The summed E-state index contributed by atoms with van der Waals surface area (Å²) in [7, 11) is -4.18. The number of benzene rings is 4. The van der Waals surface area contributed by atoms with Crippen molar-refractivity contribution in [2.75, 3.05) is 10.8 Å². The summed E-state index contributed by atoms with van der Waals surface area (Å²) < 4.78 is 43.0. The number of carbonyl (C=O) groups is 2. The molecule has 9 heteroatoms. The topological polar surface area (TPSA) is 86.8 Å². The molecule has 0 aromatic heterocycles. The largest absolute Gasteiger partial charge is 0.352 e. The van der Waals surface area contributed by atoms with Crippen molar-refractivity contribution in [3.05, 3.63) is 131 Å². The first kappa shape index (κ1) is 32.4. The van der Waals surface area contributed by atoms with E-state index in [0.29, 0.717) is 11.3 Å². The third-order valence-corrected chi connectivity index (χ3v) is 9.14. The molecule has 1 atom stereocenters. The lowest BCUT2D eigenvalue weighted by molar-refractivity contribution is -0.140. The number of hydrogen-bond acceptors (Lipinski definition) is 4. The average molecular weight is 616 g/mol. The molecule has 4 aromatic rings. The van der Waals surface area contributed by atoms with Crippen molar-refractivity contribution in [3.63, 3.8) is 0 Å². The van der Waals surface area contributed by atoms with Crippen LogP contribution in [0, 0.1) is 19.7 Å². The van der Waals surface area contributed by atoms with E-state index in [2.05, 4.69) is 5.32 Å². The summed E-state index contributed by atoms with van der Waals surface area (Å²) in [4.78, 5) is 29.6.